The molecule has 1 unspecified atom stereocenters. The molecule has 1 aromatic carbocycles. The summed E-state index contributed by atoms with van der Waals surface area (Å²) in [6, 6.07) is 9.13. The summed E-state index contributed by atoms with van der Waals surface area (Å²) in [5, 5.41) is 3.64. The average Bonchev–Trinajstić information content (AvgIpc) is 3.33. The van der Waals surface area contributed by atoms with Gasteiger partial charge < -0.3 is 11.1 Å². The van der Waals surface area contributed by atoms with E-state index in [9.17, 15) is 4.79 Å². The molecule has 114 valence electrons. The van der Waals surface area contributed by atoms with Gasteiger partial charge in [-0.25, -0.2) is 0 Å². The van der Waals surface area contributed by atoms with Crippen LogP contribution in [0.1, 0.15) is 48.0 Å². The molecule has 1 heterocycles. The first-order chi connectivity index (χ1) is 10.2. The highest BCUT2D eigenvalue weighted by atomic mass is 16.1. The molecule has 1 aliphatic heterocycles. The molecule has 0 bridgehead atoms. The highest BCUT2D eigenvalue weighted by molar-refractivity contribution is 5.92. The molecule has 4 nitrogen and oxygen atoms in total. The van der Waals surface area contributed by atoms with E-state index >= 15 is 0 Å². The Labute approximate surface area is 126 Å². The molecule has 1 aliphatic carbocycles. The van der Waals surface area contributed by atoms with Crippen LogP contribution in [0.25, 0.3) is 0 Å². The van der Waals surface area contributed by atoms with Crippen LogP contribution in [0.4, 0.5) is 0 Å². The largest absolute Gasteiger partial charge is 0.366 e. The highest BCUT2D eigenvalue weighted by Crippen LogP contribution is 2.29. The minimum absolute atomic E-state index is 0.355. The van der Waals surface area contributed by atoms with Crippen molar-refractivity contribution in [3.63, 3.8) is 0 Å². The second-order valence-electron chi connectivity index (χ2n) is 6.37. The zero-order chi connectivity index (χ0) is 14.7. The van der Waals surface area contributed by atoms with Crippen LogP contribution in [-0.2, 0) is 6.54 Å². The van der Waals surface area contributed by atoms with Crippen LogP contribution < -0.4 is 11.1 Å². The molecule has 21 heavy (non-hydrogen) atoms. The minimum Gasteiger partial charge on any atom is -0.366 e. The fraction of sp³-hybridized carbons (Fsp3) is 0.588. The van der Waals surface area contributed by atoms with Crippen LogP contribution >= 0.6 is 0 Å². The van der Waals surface area contributed by atoms with Crippen LogP contribution in [-0.4, -0.2) is 36.0 Å². The third-order valence-corrected chi connectivity index (χ3v) is 4.55. The molecule has 4 heteroatoms. The lowest BCUT2D eigenvalue weighted by Crippen LogP contribution is -2.44. The fourth-order valence-electron chi connectivity index (χ4n) is 3.15. The van der Waals surface area contributed by atoms with E-state index in [-0.39, 0.29) is 5.91 Å². The summed E-state index contributed by atoms with van der Waals surface area (Å²) in [6.07, 6.45) is 6.61. The zero-order valence-electron chi connectivity index (χ0n) is 12.6. The van der Waals surface area contributed by atoms with Crippen LogP contribution in [0.2, 0.25) is 0 Å². The summed E-state index contributed by atoms with van der Waals surface area (Å²) < 4.78 is 0. The van der Waals surface area contributed by atoms with Gasteiger partial charge in [-0.1, -0.05) is 18.6 Å². The SMILES string of the molecule is NC(=O)c1ccc(CN(CC2CCCCN2)C2CC2)cc1. The number of hydrogen-bond donors (Lipinski definition) is 2. The quantitative estimate of drug-likeness (QED) is 0.840. The highest BCUT2D eigenvalue weighted by Gasteiger charge is 2.30. The third kappa shape index (κ3) is 4.05. The predicted octanol–water partition coefficient (Wildman–Crippen LogP) is 1.89. The molecule has 1 amide bonds. The van der Waals surface area contributed by atoms with Crippen molar-refractivity contribution in [2.24, 2.45) is 5.73 Å². The Balaban J connectivity index is 1.60. The number of carbonyl (C=O) groups excluding carboxylic acids is 1. The second-order valence-corrected chi connectivity index (χ2v) is 6.37. The van der Waals surface area contributed by atoms with E-state index in [0.717, 1.165) is 25.7 Å². The lowest BCUT2D eigenvalue weighted by atomic mass is 10.0. The third-order valence-electron chi connectivity index (χ3n) is 4.55. The second kappa shape index (κ2) is 6.58. The van der Waals surface area contributed by atoms with Gasteiger partial charge in [0.25, 0.3) is 0 Å². The number of carbonyl (C=O) groups is 1. The summed E-state index contributed by atoms with van der Waals surface area (Å²) in [4.78, 5) is 13.7. The van der Waals surface area contributed by atoms with Gasteiger partial charge in [0.05, 0.1) is 0 Å². The number of hydrogen-bond acceptors (Lipinski definition) is 3. The first-order valence-electron chi connectivity index (χ1n) is 8.08. The van der Waals surface area contributed by atoms with Crippen molar-refractivity contribution in [1.82, 2.24) is 10.2 Å². The molecule has 1 atom stereocenters. The molecular weight excluding hydrogens is 262 g/mol. The summed E-state index contributed by atoms with van der Waals surface area (Å²) in [6.45, 7) is 3.28. The molecule has 2 fully saturated rings. The molecule has 0 aromatic heterocycles. The monoisotopic (exact) mass is 287 g/mol. The number of benzene rings is 1. The first-order valence-corrected chi connectivity index (χ1v) is 8.08. The van der Waals surface area contributed by atoms with Gasteiger partial charge in [-0.15, -0.1) is 0 Å². The van der Waals surface area contributed by atoms with Crippen molar-refractivity contribution in [2.75, 3.05) is 13.1 Å². The lowest BCUT2D eigenvalue weighted by Gasteiger charge is -2.30. The van der Waals surface area contributed by atoms with Crippen LogP contribution in [0.3, 0.4) is 0 Å². The lowest BCUT2D eigenvalue weighted by molar-refractivity contribution is 0.100. The topological polar surface area (TPSA) is 58.4 Å². The Hall–Kier alpha value is -1.39. The van der Waals surface area contributed by atoms with Gasteiger partial charge in [0.15, 0.2) is 0 Å². The van der Waals surface area contributed by atoms with Crippen molar-refractivity contribution < 1.29 is 4.79 Å². The van der Waals surface area contributed by atoms with Crippen LogP contribution in [0, 0.1) is 0 Å². The Morgan fingerprint density at radius 3 is 2.52 bits per heavy atom. The number of nitrogens with two attached hydrogens (primary N) is 1. The predicted molar refractivity (Wildman–Crippen MR) is 84.0 cm³/mol. The molecule has 1 saturated heterocycles. The van der Waals surface area contributed by atoms with Gasteiger partial charge in [-0.3, -0.25) is 9.69 Å². The molecule has 1 aromatic rings. The summed E-state index contributed by atoms with van der Waals surface area (Å²) in [7, 11) is 0. The molecule has 0 spiro atoms. The Bertz CT molecular complexity index is 475. The molecule has 0 radical (unpaired) electrons. The van der Waals surface area contributed by atoms with Crippen LogP contribution in [0.15, 0.2) is 24.3 Å². The molecule has 2 aliphatic rings. The average molecular weight is 287 g/mol. The van der Waals surface area contributed by atoms with E-state index in [1.54, 1.807) is 0 Å². The standard InChI is InChI=1S/C17H25N3O/c18-17(21)14-6-4-13(5-7-14)11-20(16-8-9-16)12-15-3-1-2-10-19-15/h4-7,15-16,19H,1-3,8-12H2,(H2,18,21). The van der Waals surface area contributed by atoms with E-state index < -0.39 is 0 Å². The maximum atomic E-state index is 11.1. The number of primary amides is 1. The van der Waals surface area contributed by atoms with Crippen molar-refractivity contribution in [2.45, 2.75) is 50.7 Å². The van der Waals surface area contributed by atoms with Crippen molar-refractivity contribution in [3.8, 4) is 0 Å². The van der Waals surface area contributed by atoms with Crippen molar-refractivity contribution >= 4 is 5.91 Å². The van der Waals surface area contributed by atoms with Crippen LogP contribution in [0.5, 0.6) is 0 Å². The van der Waals surface area contributed by atoms with Crippen molar-refractivity contribution in [1.29, 1.82) is 0 Å². The summed E-state index contributed by atoms with van der Waals surface area (Å²) in [5.74, 6) is -0.355. The Kier molecular flexibility index (Phi) is 4.56. The van der Waals surface area contributed by atoms with E-state index in [0.29, 0.717) is 11.6 Å². The maximum absolute atomic E-state index is 11.1. The smallest absolute Gasteiger partial charge is 0.248 e. The maximum Gasteiger partial charge on any atom is 0.248 e. The van der Waals surface area contributed by atoms with E-state index in [1.165, 1.54) is 37.7 Å². The van der Waals surface area contributed by atoms with Gasteiger partial charge in [0.2, 0.25) is 5.91 Å². The molecule has 3 rings (SSSR count). The normalized spacial score (nSPS) is 22.4. The molecule has 3 N–H and O–H groups in total. The van der Waals surface area contributed by atoms with E-state index in [1.807, 2.05) is 24.3 Å². The number of amides is 1. The number of rotatable bonds is 6. The van der Waals surface area contributed by atoms with E-state index in [2.05, 4.69) is 10.2 Å². The number of nitrogens with zero attached hydrogens (tertiary/aromatic N) is 1. The zero-order valence-corrected chi connectivity index (χ0v) is 12.6. The molecular formula is C17H25N3O. The fourth-order valence-corrected chi connectivity index (χ4v) is 3.15. The van der Waals surface area contributed by atoms with Gasteiger partial charge in [-0.05, 0) is 49.9 Å². The minimum atomic E-state index is -0.355. The summed E-state index contributed by atoms with van der Waals surface area (Å²) >= 11 is 0. The number of nitrogens with one attached hydrogen (secondary N) is 1. The Morgan fingerprint density at radius 2 is 1.95 bits per heavy atom. The Morgan fingerprint density at radius 1 is 1.19 bits per heavy atom. The number of piperidine rings is 1. The first kappa shape index (κ1) is 14.5. The summed E-state index contributed by atoms with van der Waals surface area (Å²) in [5.41, 5.74) is 7.14. The van der Waals surface area contributed by atoms with Gasteiger partial charge >= 0.3 is 0 Å². The van der Waals surface area contributed by atoms with E-state index in [4.69, 9.17) is 5.73 Å². The van der Waals surface area contributed by atoms with Gasteiger partial charge in [0.1, 0.15) is 0 Å². The van der Waals surface area contributed by atoms with Crippen molar-refractivity contribution in [3.05, 3.63) is 35.4 Å². The van der Waals surface area contributed by atoms with Gasteiger partial charge in [-0.2, -0.15) is 0 Å². The van der Waals surface area contributed by atoms with Gasteiger partial charge in [0, 0.05) is 30.7 Å². The molecule has 1 saturated carbocycles.